The maximum Gasteiger partial charge on any atom is 0.305 e. The van der Waals surface area contributed by atoms with Gasteiger partial charge in [-0.05, 0) is 77.5 Å². The largest absolute Gasteiger partial charge is 0.483 e. The fraction of sp³-hybridized carbons (Fsp3) is 0.960. The van der Waals surface area contributed by atoms with Crippen molar-refractivity contribution in [2.24, 2.45) is 11.8 Å². The van der Waals surface area contributed by atoms with Crippen molar-refractivity contribution in [3.63, 3.8) is 0 Å². The summed E-state index contributed by atoms with van der Waals surface area (Å²) >= 11 is 0. The lowest BCUT2D eigenvalue weighted by Gasteiger charge is -2.24. The molecule has 1 unspecified atom stereocenters. The van der Waals surface area contributed by atoms with Gasteiger partial charge < -0.3 is 24.7 Å². The summed E-state index contributed by atoms with van der Waals surface area (Å²) in [5.41, 5.74) is 0. The third-order valence-electron chi connectivity index (χ3n) is 11.9. The third-order valence-corrected chi connectivity index (χ3v) is 11.9. The summed E-state index contributed by atoms with van der Waals surface area (Å²) in [6, 6.07) is 0. The van der Waals surface area contributed by atoms with Crippen LogP contribution in [0.1, 0.15) is 246 Å². The first kappa shape index (κ1) is 57.9. The number of rotatable bonds is 44. The Morgan fingerprint density at radius 1 is 0.509 bits per heavy atom. The van der Waals surface area contributed by atoms with E-state index in [0.717, 1.165) is 70.1 Å². The van der Waals surface area contributed by atoms with Gasteiger partial charge in [-0.1, -0.05) is 201 Å². The highest BCUT2D eigenvalue weighted by Gasteiger charge is 2.13. The van der Waals surface area contributed by atoms with Crippen molar-refractivity contribution < 1.29 is 24.5 Å². The average molecular weight is 811 g/mol. The lowest BCUT2D eigenvalue weighted by molar-refractivity contribution is -0.144. The number of aliphatic hydroxyl groups is 1. The SMILES string of the molecule is CCCCCCC(CCCCCC)CCCCCCCCN(CCCCCC(=O)OCCCC(CCCCCC)CCCCCC)CCC(O)CN(C)C.O=CO. The molecule has 7 nitrogen and oxygen atoms in total. The van der Waals surface area contributed by atoms with Crippen LogP contribution in [0, 0.1) is 11.8 Å². The van der Waals surface area contributed by atoms with Gasteiger partial charge in [0.25, 0.3) is 6.47 Å². The first-order valence-electron chi connectivity index (χ1n) is 25.1. The molecule has 7 heteroatoms. The number of likely N-dealkylation sites (N-methyl/N-ethyl adjacent to an activating group) is 1. The zero-order valence-corrected chi connectivity index (χ0v) is 39.4. The van der Waals surface area contributed by atoms with E-state index >= 15 is 0 Å². The highest BCUT2D eigenvalue weighted by atomic mass is 16.5. The number of nitrogens with zero attached hydrogens (tertiary/aromatic N) is 2. The van der Waals surface area contributed by atoms with Crippen LogP contribution in [0.3, 0.4) is 0 Å². The van der Waals surface area contributed by atoms with Crippen molar-refractivity contribution in [1.82, 2.24) is 9.80 Å². The van der Waals surface area contributed by atoms with Crippen molar-refractivity contribution in [3.05, 3.63) is 0 Å². The van der Waals surface area contributed by atoms with Crippen molar-refractivity contribution in [2.75, 3.05) is 46.9 Å². The van der Waals surface area contributed by atoms with E-state index in [2.05, 4.69) is 37.5 Å². The minimum absolute atomic E-state index is 0.00410. The molecule has 1 atom stereocenters. The molecule has 0 aromatic carbocycles. The van der Waals surface area contributed by atoms with E-state index in [1.165, 1.54) is 180 Å². The van der Waals surface area contributed by atoms with Gasteiger partial charge in [-0.15, -0.1) is 0 Å². The van der Waals surface area contributed by atoms with Crippen LogP contribution in [0.4, 0.5) is 0 Å². The van der Waals surface area contributed by atoms with Gasteiger partial charge in [0.2, 0.25) is 0 Å². The highest BCUT2D eigenvalue weighted by molar-refractivity contribution is 5.69. The lowest BCUT2D eigenvalue weighted by Crippen LogP contribution is -2.33. The quantitative estimate of drug-likeness (QED) is 0.0360. The van der Waals surface area contributed by atoms with Crippen LogP contribution in [0.2, 0.25) is 0 Å². The molecule has 0 rings (SSSR count). The summed E-state index contributed by atoms with van der Waals surface area (Å²) in [6.07, 6.45) is 43.7. The summed E-state index contributed by atoms with van der Waals surface area (Å²) in [6.45, 7) is 13.5. The number of aliphatic hydroxyl groups excluding tert-OH is 1. The normalized spacial score (nSPS) is 12.1. The van der Waals surface area contributed by atoms with Gasteiger partial charge >= 0.3 is 5.97 Å². The molecule has 0 amide bonds. The highest BCUT2D eigenvalue weighted by Crippen LogP contribution is 2.25. The molecule has 0 aromatic rings. The average Bonchev–Trinajstić information content (AvgIpc) is 3.18. The molecule has 0 fully saturated rings. The van der Waals surface area contributed by atoms with Crippen molar-refractivity contribution >= 4 is 12.4 Å². The number of carboxylic acid groups (broad SMARTS) is 1. The number of unbranched alkanes of at least 4 members (excludes halogenated alkanes) is 19. The second-order valence-electron chi connectivity index (χ2n) is 17.9. The Hall–Kier alpha value is -1.18. The van der Waals surface area contributed by atoms with Gasteiger partial charge in [-0.2, -0.15) is 0 Å². The Morgan fingerprint density at radius 3 is 1.26 bits per heavy atom. The summed E-state index contributed by atoms with van der Waals surface area (Å²) in [5.74, 6) is 1.77. The van der Waals surface area contributed by atoms with E-state index in [-0.39, 0.29) is 18.5 Å². The summed E-state index contributed by atoms with van der Waals surface area (Å²) in [4.78, 5) is 25.5. The number of carbonyl (C=O) groups excluding carboxylic acids is 1. The van der Waals surface area contributed by atoms with Gasteiger partial charge in [0.15, 0.2) is 0 Å². The molecular weight excluding hydrogens is 709 g/mol. The maximum absolute atomic E-state index is 12.5. The minimum atomic E-state index is -0.267. The molecule has 57 heavy (non-hydrogen) atoms. The second-order valence-corrected chi connectivity index (χ2v) is 17.9. The minimum Gasteiger partial charge on any atom is -0.483 e. The Labute approximate surface area is 356 Å². The second kappa shape index (κ2) is 47.5. The van der Waals surface area contributed by atoms with Gasteiger partial charge in [-0.3, -0.25) is 9.59 Å². The molecule has 0 saturated heterocycles. The number of ether oxygens (including phenoxy) is 1. The molecule has 0 aliphatic carbocycles. The molecule has 2 N–H and O–H groups in total. The van der Waals surface area contributed by atoms with Gasteiger partial charge in [0.05, 0.1) is 12.7 Å². The Kier molecular flexibility index (Phi) is 48.3. The van der Waals surface area contributed by atoms with Gasteiger partial charge in [-0.25, -0.2) is 0 Å². The molecule has 0 bridgehead atoms. The van der Waals surface area contributed by atoms with Crippen molar-refractivity contribution in [3.8, 4) is 0 Å². The van der Waals surface area contributed by atoms with Crippen LogP contribution in [0.15, 0.2) is 0 Å². The molecule has 0 aliphatic rings. The molecule has 0 aromatic heterocycles. The molecular formula is C50H102N2O5. The molecule has 0 spiro atoms. The smallest absolute Gasteiger partial charge is 0.305 e. The van der Waals surface area contributed by atoms with Crippen molar-refractivity contribution in [2.45, 2.75) is 252 Å². The van der Waals surface area contributed by atoms with E-state index in [9.17, 15) is 9.90 Å². The van der Waals surface area contributed by atoms with E-state index in [1.54, 1.807) is 0 Å². The zero-order chi connectivity index (χ0) is 42.5. The van der Waals surface area contributed by atoms with E-state index in [0.29, 0.717) is 13.0 Å². The molecule has 342 valence electrons. The molecule has 0 radical (unpaired) electrons. The van der Waals surface area contributed by atoms with Crippen LogP contribution in [0.5, 0.6) is 0 Å². The third kappa shape index (κ3) is 45.7. The monoisotopic (exact) mass is 811 g/mol. The van der Waals surface area contributed by atoms with E-state index in [4.69, 9.17) is 14.6 Å². The van der Waals surface area contributed by atoms with Crippen LogP contribution < -0.4 is 0 Å². The fourth-order valence-electron chi connectivity index (χ4n) is 8.37. The van der Waals surface area contributed by atoms with Crippen LogP contribution >= 0.6 is 0 Å². The van der Waals surface area contributed by atoms with Gasteiger partial charge in [0.1, 0.15) is 0 Å². The van der Waals surface area contributed by atoms with Crippen LogP contribution in [-0.2, 0) is 14.3 Å². The topological polar surface area (TPSA) is 90.3 Å². The first-order chi connectivity index (χ1) is 27.8. The Morgan fingerprint density at radius 2 is 0.860 bits per heavy atom. The number of hydrogen-bond acceptors (Lipinski definition) is 6. The standard InChI is InChI=1S/C49H100N2O3.CH2O2/c1-7-11-15-24-33-46(34-25-16-12-8-2)37-28-21-19-20-22-30-41-51(43-40-48(52)45-50(5)6)42-31-23-29-39-49(53)54-44-32-38-47(35-26-17-13-9-3)36-27-18-14-10-4;2-1-3/h46-48,52H,7-45H2,1-6H3;1H,(H,2,3). The van der Waals surface area contributed by atoms with E-state index in [1.807, 2.05) is 14.1 Å². The predicted molar refractivity (Wildman–Crippen MR) is 247 cm³/mol. The van der Waals surface area contributed by atoms with Crippen LogP contribution in [0.25, 0.3) is 0 Å². The molecule has 0 heterocycles. The van der Waals surface area contributed by atoms with E-state index < -0.39 is 0 Å². The predicted octanol–water partition coefficient (Wildman–Crippen LogP) is 14.0. The summed E-state index contributed by atoms with van der Waals surface area (Å²) < 4.78 is 5.68. The zero-order valence-electron chi connectivity index (χ0n) is 39.4. The molecule has 0 saturated carbocycles. The number of hydrogen-bond donors (Lipinski definition) is 2. The molecule has 0 aliphatic heterocycles. The van der Waals surface area contributed by atoms with Crippen LogP contribution in [-0.4, -0.2) is 85.4 Å². The van der Waals surface area contributed by atoms with Gasteiger partial charge in [0, 0.05) is 19.5 Å². The summed E-state index contributed by atoms with van der Waals surface area (Å²) in [7, 11) is 4.07. The van der Waals surface area contributed by atoms with Crippen molar-refractivity contribution in [1.29, 1.82) is 0 Å². The first-order valence-corrected chi connectivity index (χ1v) is 25.1. The number of esters is 1. The summed E-state index contributed by atoms with van der Waals surface area (Å²) in [5, 5.41) is 17.4. The Balaban J connectivity index is 0. The fourth-order valence-corrected chi connectivity index (χ4v) is 8.37. The maximum atomic E-state index is 12.5. The number of carbonyl (C=O) groups is 2. The lowest BCUT2D eigenvalue weighted by atomic mass is 9.89. The Bertz CT molecular complexity index is 773.